The number of nitrogens with zero attached hydrogens (tertiary/aromatic N) is 3. The van der Waals surface area contributed by atoms with Crippen LogP contribution in [-0.2, 0) is 0 Å². The Morgan fingerprint density at radius 1 is 1.08 bits per heavy atom. The molecule has 0 atom stereocenters. The second-order valence-corrected chi connectivity index (χ2v) is 5.18. The molecular formula is C16H12N6O2. The van der Waals surface area contributed by atoms with Gasteiger partial charge in [-0.25, -0.2) is 9.78 Å². The topological polar surface area (TPSA) is 120 Å². The molecule has 2 heterocycles. The van der Waals surface area contributed by atoms with Crippen molar-refractivity contribution in [2.24, 2.45) is 0 Å². The minimum atomic E-state index is -1.10. The lowest BCUT2D eigenvalue weighted by Gasteiger charge is -2.04. The average Bonchev–Trinajstić information content (AvgIpc) is 3.23. The SMILES string of the molecule is O=C(O)Nc1cccc(-c2n[nH]c3ccc(-c4ncn[nH]4)cc23)c1. The Labute approximate surface area is 135 Å². The molecule has 0 fully saturated rings. The van der Waals surface area contributed by atoms with Crippen LogP contribution < -0.4 is 5.32 Å². The van der Waals surface area contributed by atoms with Crippen molar-refractivity contribution in [2.45, 2.75) is 0 Å². The number of rotatable bonds is 3. The maximum atomic E-state index is 10.8. The lowest BCUT2D eigenvalue weighted by Crippen LogP contribution is -2.06. The number of fused-ring (bicyclic) bond motifs is 1. The molecule has 0 saturated heterocycles. The van der Waals surface area contributed by atoms with E-state index in [1.807, 2.05) is 24.3 Å². The molecule has 2 aromatic carbocycles. The maximum absolute atomic E-state index is 10.8. The van der Waals surface area contributed by atoms with E-state index in [1.165, 1.54) is 6.33 Å². The highest BCUT2D eigenvalue weighted by molar-refractivity contribution is 5.96. The summed E-state index contributed by atoms with van der Waals surface area (Å²) in [5, 5.41) is 26.2. The minimum Gasteiger partial charge on any atom is -0.465 e. The Balaban J connectivity index is 1.82. The summed E-state index contributed by atoms with van der Waals surface area (Å²) in [5.41, 5.74) is 3.80. The number of benzene rings is 2. The summed E-state index contributed by atoms with van der Waals surface area (Å²) in [4.78, 5) is 15.0. The van der Waals surface area contributed by atoms with Crippen LogP contribution in [-0.4, -0.2) is 36.6 Å². The molecule has 4 aromatic rings. The van der Waals surface area contributed by atoms with Crippen molar-refractivity contribution in [2.75, 3.05) is 5.32 Å². The predicted octanol–water partition coefficient (Wildman–Crippen LogP) is 3.10. The van der Waals surface area contributed by atoms with Crippen molar-refractivity contribution in [1.82, 2.24) is 25.4 Å². The van der Waals surface area contributed by atoms with Crippen LogP contribution in [0.25, 0.3) is 33.5 Å². The van der Waals surface area contributed by atoms with Crippen molar-refractivity contribution >= 4 is 22.7 Å². The molecule has 0 aliphatic rings. The van der Waals surface area contributed by atoms with Crippen LogP contribution in [0.4, 0.5) is 10.5 Å². The van der Waals surface area contributed by atoms with Gasteiger partial charge in [-0.3, -0.25) is 15.5 Å². The highest BCUT2D eigenvalue weighted by atomic mass is 16.4. The quantitative estimate of drug-likeness (QED) is 0.462. The first-order valence-electron chi connectivity index (χ1n) is 7.15. The van der Waals surface area contributed by atoms with Gasteiger partial charge in [0.15, 0.2) is 5.82 Å². The zero-order valence-electron chi connectivity index (χ0n) is 12.3. The first-order chi connectivity index (χ1) is 11.7. The van der Waals surface area contributed by atoms with Gasteiger partial charge in [0.1, 0.15) is 6.33 Å². The lowest BCUT2D eigenvalue weighted by molar-refractivity contribution is 0.210. The van der Waals surface area contributed by atoms with Gasteiger partial charge in [-0.15, -0.1) is 0 Å². The second kappa shape index (κ2) is 5.51. The number of amides is 1. The molecule has 0 spiro atoms. The van der Waals surface area contributed by atoms with E-state index in [-0.39, 0.29) is 0 Å². The van der Waals surface area contributed by atoms with Crippen molar-refractivity contribution in [3.05, 3.63) is 48.8 Å². The monoisotopic (exact) mass is 320 g/mol. The molecular weight excluding hydrogens is 308 g/mol. The van der Waals surface area contributed by atoms with Gasteiger partial charge >= 0.3 is 6.09 Å². The molecule has 0 unspecified atom stereocenters. The molecule has 8 nitrogen and oxygen atoms in total. The molecule has 0 radical (unpaired) electrons. The Hall–Kier alpha value is -3.68. The molecule has 0 aliphatic carbocycles. The number of H-pyrrole nitrogens is 2. The van der Waals surface area contributed by atoms with E-state index in [1.54, 1.807) is 18.2 Å². The highest BCUT2D eigenvalue weighted by Crippen LogP contribution is 2.30. The van der Waals surface area contributed by atoms with Crippen molar-refractivity contribution in [1.29, 1.82) is 0 Å². The lowest BCUT2D eigenvalue weighted by atomic mass is 10.0. The average molecular weight is 320 g/mol. The van der Waals surface area contributed by atoms with Crippen molar-refractivity contribution < 1.29 is 9.90 Å². The molecule has 4 rings (SSSR count). The number of hydrogen-bond donors (Lipinski definition) is 4. The van der Waals surface area contributed by atoms with Gasteiger partial charge in [-0.2, -0.15) is 10.2 Å². The molecule has 2 aromatic heterocycles. The summed E-state index contributed by atoms with van der Waals surface area (Å²) in [6.45, 7) is 0. The number of hydrogen-bond acceptors (Lipinski definition) is 4. The van der Waals surface area contributed by atoms with Gasteiger partial charge in [-0.1, -0.05) is 12.1 Å². The van der Waals surface area contributed by atoms with E-state index >= 15 is 0 Å². The summed E-state index contributed by atoms with van der Waals surface area (Å²) in [5.74, 6) is 0.672. The number of anilines is 1. The highest BCUT2D eigenvalue weighted by Gasteiger charge is 2.11. The second-order valence-electron chi connectivity index (χ2n) is 5.18. The van der Waals surface area contributed by atoms with E-state index in [9.17, 15) is 4.79 Å². The van der Waals surface area contributed by atoms with E-state index in [0.29, 0.717) is 11.5 Å². The third-order valence-corrected chi connectivity index (χ3v) is 3.64. The third-order valence-electron chi connectivity index (χ3n) is 3.64. The number of aromatic nitrogens is 5. The van der Waals surface area contributed by atoms with E-state index < -0.39 is 6.09 Å². The van der Waals surface area contributed by atoms with Gasteiger partial charge in [-0.05, 0) is 30.3 Å². The van der Waals surface area contributed by atoms with Gasteiger partial charge in [0.2, 0.25) is 0 Å². The molecule has 24 heavy (non-hydrogen) atoms. The normalized spacial score (nSPS) is 10.8. The molecule has 0 aliphatic heterocycles. The number of carbonyl (C=O) groups is 1. The number of nitrogens with one attached hydrogen (secondary N) is 3. The standard InChI is InChI=1S/C16H12N6O2/c23-16(24)19-11-3-1-2-9(6-11)14-12-7-10(15-17-8-18-22-15)4-5-13(12)20-21-14/h1-8,19H,(H,20,21)(H,23,24)(H,17,18,22). The van der Waals surface area contributed by atoms with Crippen LogP contribution in [0.1, 0.15) is 0 Å². The zero-order chi connectivity index (χ0) is 16.5. The summed E-state index contributed by atoms with van der Waals surface area (Å²) >= 11 is 0. The fraction of sp³-hybridized carbons (Fsp3) is 0. The fourth-order valence-corrected chi connectivity index (χ4v) is 2.59. The molecule has 4 N–H and O–H groups in total. The fourth-order valence-electron chi connectivity index (χ4n) is 2.59. The smallest absolute Gasteiger partial charge is 0.409 e. The molecule has 0 saturated carbocycles. The molecule has 8 heteroatoms. The summed E-state index contributed by atoms with van der Waals surface area (Å²) in [6.07, 6.45) is 0.350. The number of aromatic amines is 2. The zero-order valence-corrected chi connectivity index (χ0v) is 12.3. The molecule has 1 amide bonds. The van der Waals surface area contributed by atoms with Crippen LogP contribution >= 0.6 is 0 Å². The summed E-state index contributed by atoms with van der Waals surface area (Å²) in [6, 6.07) is 12.9. The van der Waals surface area contributed by atoms with E-state index in [0.717, 1.165) is 27.7 Å². The van der Waals surface area contributed by atoms with Gasteiger partial charge in [0, 0.05) is 22.2 Å². The van der Waals surface area contributed by atoms with Crippen molar-refractivity contribution in [3.63, 3.8) is 0 Å². The van der Waals surface area contributed by atoms with Crippen LogP contribution in [0.5, 0.6) is 0 Å². The van der Waals surface area contributed by atoms with Crippen LogP contribution in [0, 0.1) is 0 Å². The maximum Gasteiger partial charge on any atom is 0.409 e. The van der Waals surface area contributed by atoms with E-state index in [4.69, 9.17) is 5.11 Å². The van der Waals surface area contributed by atoms with Gasteiger partial charge < -0.3 is 5.11 Å². The Bertz CT molecular complexity index is 1020. The Morgan fingerprint density at radius 2 is 2.00 bits per heavy atom. The largest absolute Gasteiger partial charge is 0.465 e. The van der Waals surface area contributed by atoms with Gasteiger partial charge in [0.05, 0.1) is 11.2 Å². The molecule has 118 valence electrons. The van der Waals surface area contributed by atoms with Gasteiger partial charge in [0.25, 0.3) is 0 Å². The Kier molecular flexibility index (Phi) is 3.20. The van der Waals surface area contributed by atoms with Crippen molar-refractivity contribution in [3.8, 4) is 22.6 Å². The minimum absolute atomic E-state index is 0.488. The molecule has 0 bridgehead atoms. The number of carboxylic acid groups (broad SMARTS) is 1. The van der Waals surface area contributed by atoms with Crippen LogP contribution in [0.15, 0.2) is 48.8 Å². The van der Waals surface area contributed by atoms with E-state index in [2.05, 4.69) is 30.7 Å². The predicted molar refractivity (Wildman–Crippen MR) is 88.6 cm³/mol. The first kappa shape index (κ1) is 13.9. The summed E-state index contributed by atoms with van der Waals surface area (Å²) in [7, 11) is 0. The van der Waals surface area contributed by atoms with Crippen LogP contribution in [0.2, 0.25) is 0 Å². The summed E-state index contributed by atoms with van der Waals surface area (Å²) < 4.78 is 0. The van der Waals surface area contributed by atoms with Crippen LogP contribution in [0.3, 0.4) is 0 Å². The third kappa shape index (κ3) is 2.45. The Morgan fingerprint density at radius 3 is 2.79 bits per heavy atom. The first-order valence-corrected chi connectivity index (χ1v) is 7.15.